The molecular weight excluding hydrogens is 303 g/mol. The highest BCUT2D eigenvalue weighted by atomic mass is 32.2. The van der Waals surface area contributed by atoms with Gasteiger partial charge in [0.05, 0.1) is 16.2 Å². The monoisotopic (exact) mass is 313 g/mol. The van der Waals surface area contributed by atoms with Crippen LogP contribution in [0.2, 0.25) is 0 Å². The fraction of sp³-hybridized carbons (Fsp3) is 0.300. The molecule has 1 aromatic rings. The summed E-state index contributed by atoms with van der Waals surface area (Å²) >= 11 is 1.10. The lowest BCUT2D eigenvalue weighted by Gasteiger charge is -2.10. The predicted octanol–water partition coefficient (Wildman–Crippen LogP) is 1.87. The Morgan fingerprint density at radius 3 is 2.53 bits per heavy atom. The number of rotatable bonds is 4. The van der Waals surface area contributed by atoms with Crippen LogP contribution in [0, 0.1) is 0 Å². The van der Waals surface area contributed by atoms with Gasteiger partial charge in [0.25, 0.3) is 10.0 Å². The topological polar surface area (TPSA) is 63.2 Å². The van der Waals surface area contributed by atoms with Crippen molar-refractivity contribution in [2.24, 2.45) is 0 Å². The number of amides is 1. The van der Waals surface area contributed by atoms with Crippen molar-refractivity contribution in [3.05, 3.63) is 29.8 Å². The molecule has 0 atom stereocenters. The Morgan fingerprint density at radius 1 is 1.37 bits per heavy atom. The van der Waals surface area contributed by atoms with Crippen LogP contribution in [0.3, 0.4) is 0 Å². The highest BCUT2D eigenvalue weighted by Crippen LogP contribution is 2.30. The molecule has 0 aliphatic heterocycles. The second-order valence-electron chi connectivity index (χ2n) is 3.49. The molecule has 1 aromatic carbocycles. The van der Waals surface area contributed by atoms with E-state index in [1.165, 1.54) is 0 Å². The standard InChI is InChI=1S/C10H10F3NO3S2/c1-18-6-9(15)14-19(16,17)8-4-2-3-7(5-8)10(11,12)13/h2-5H,6H2,1H3,(H,14,15). The first kappa shape index (κ1) is 15.8. The van der Waals surface area contributed by atoms with E-state index in [9.17, 15) is 26.4 Å². The third kappa shape index (κ3) is 4.43. The lowest BCUT2D eigenvalue weighted by Crippen LogP contribution is -2.32. The Bertz CT molecular complexity index is 570. The molecule has 0 aliphatic rings. The molecule has 0 bridgehead atoms. The molecule has 9 heteroatoms. The van der Waals surface area contributed by atoms with Crippen LogP contribution in [0.1, 0.15) is 5.56 Å². The fourth-order valence-electron chi connectivity index (χ4n) is 1.21. The average molecular weight is 313 g/mol. The maximum Gasteiger partial charge on any atom is 0.416 e. The first-order valence-electron chi connectivity index (χ1n) is 4.88. The SMILES string of the molecule is CSCC(=O)NS(=O)(=O)c1cccc(C(F)(F)F)c1. The van der Waals surface area contributed by atoms with Gasteiger partial charge >= 0.3 is 6.18 Å². The van der Waals surface area contributed by atoms with Crippen molar-refractivity contribution < 1.29 is 26.4 Å². The number of thioether (sulfide) groups is 1. The van der Waals surface area contributed by atoms with E-state index in [0.29, 0.717) is 6.07 Å². The Labute approximate surface area is 112 Å². The Morgan fingerprint density at radius 2 is 2.00 bits per heavy atom. The fourth-order valence-corrected chi connectivity index (χ4v) is 2.66. The summed E-state index contributed by atoms with van der Waals surface area (Å²) in [5.74, 6) is -0.886. The number of benzene rings is 1. The summed E-state index contributed by atoms with van der Waals surface area (Å²) in [7, 11) is -4.28. The van der Waals surface area contributed by atoms with Gasteiger partial charge in [0, 0.05) is 0 Å². The Kier molecular flexibility index (Phi) is 4.86. The number of carbonyl (C=O) groups is 1. The van der Waals surface area contributed by atoms with Gasteiger partial charge in [-0.2, -0.15) is 24.9 Å². The molecule has 19 heavy (non-hydrogen) atoms. The minimum absolute atomic E-state index is 0.0990. The maximum atomic E-state index is 12.5. The summed E-state index contributed by atoms with van der Waals surface area (Å²) in [6, 6.07) is 3.19. The van der Waals surface area contributed by atoms with E-state index in [1.54, 1.807) is 11.0 Å². The zero-order chi connectivity index (χ0) is 14.7. The molecule has 0 radical (unpaired) electrons. The third-order valence-electron chi connectivity index (χ3n) is 2.00. The number of hydrogen-bond acceptors (Lipinski definition) is 4. The molecule has 1 N–H and O–H groups in total. The first-order chi connectivity index (χ1) is 8.66. The molecule has 1 rings (SSSR count). The molecule has 106 valence electrons. The second-order valence-corrected chi connectivity index (χ2v) is 6.04. The number of sulfonamides is 1. The van der Waals surface area contributed by atoms with Gasteiger partial charge in [-0.3, -0.25) is 4.79 Å². The molecule has 0 unspecified atom stereocenters. The summed E-state index contributed by atoms with van der Waals surface area (Å²) in [6.07, 6.45) is -3.05. The van der Waals surface area contributed by atoms with Crippen molar-refractivity contribution in [3.8, 4) is 0 Å². The molecule has 0 fully saturated rings. The molecule has 4 nitrogen and oxygen atoms in total. The van der Waals surface area contributed by atoms with Gasteiger partial charge in [0.1, 0.15) is 0 Å². The molecule has 0 heterocycles. The molecule has 0 spiro atoms. The number of hydrogen-bond donors (Lipinski definition) is 1. The Hall–Kier alpha value is -1.22. The van der Waals surface area contributed by atoms with Gasteiger partial charge < -0.3 is 0 Å². The van der Waals surface area contributed by atoms with Crippen molar-refractivity contribution in [1.82, 2.24) is 4.72 Å². The van der Waals surface area contributed by atoms with E-state index >= 15 is 0 Å². The van der Waals surface area contributed by atoms with Gasteiger partial charge in [-0.15, -0.1) is 0 Å². The van der Waals surface area contributed by atoms with Crippen LogP contribution in [-0.2, 0) is 21.0 Å². The van der Waals surface area contributed by atoms with Gasteiger partial charge in [-0.1, -0.05) is 6.07 Å². The van der Waals surface area contributed by atoms with Crippen LogP contribution in [0.25, 0.3) is 0 Å². The summed E-state index contributed by atoms with van der Waals surface area (Å²) in [5.41, 5.74) is -1.09. The van der Waals surface area contributed by atoms with Gasteiger partial charge in [-0.05, 0) is 24.5 Å². The second kappa shape index (κ2) is 5.83. The van der Waals surface area contributed by atoms with Crippen LogP contribution >= 0.6 is 11.8 Å². The first-order valence-corrected chi connectivity index (χ1v) is 7.76. The minimum Gasteiger partial charge on any atom is -0.273 e. The van der Waals surface area contributed by atoms with Gasteiger partial charge in [0.2, 0.25) is 5.91 Å². The minimum atomic E-state index is -4.64. The Balaban J connectivity index is 3.06. The van der Waals surface area contributed by atoms with E-state index in [1.807, 2.05) is 0 Å². The summed E-state index contributed by atoms with van der Waals surface area (Å²) in [6.45, 7) is 0. The molecule has 0 saturated carbocycles. The molecule has 0 saturated heterocycles. The third-order valence-corrected chi connectivity index (χ3v) is 3.92. The zero-order valence-corrected chi connectivity index (χ0v) is 11.3. The van der Waals surface area contributed by atoms with Crippen LogP contribution in [0.4, 0.5) is 13.2 Å². The highest BCUT2D eigenvalue weighted by Gasteiger charge is 2.31. The number of nitrogens with one attached hydrogen (secondary N) is 1. The van der Waals surface area contributed by atoms with Crippen molar-refractivity contribution in [2.75, 3.05) is 12.0 Å². The van der Waals surface area contributed by atoms with Crippen molar-refractivity contribution in [2.45, 2.75) is 11.1 Å². The molecule has 0 aromatic heterocycles. The average Bonchev–Trinajstić information content (AvgIpc) is 2.27. The predicted molar refractivity (Wildman–Crippen MR) is 65.2 cm³/mol. The van der Waals surface area contributed by atoms with E-state index in [2.05, 4.69) is 0 Å². The highest BCUT2D eigenvalue weighted by molar-refractivity contribution is 7.99. The van der Waals surface area contributed by atoms with Gasteiger partial charge in [-0.25, -0.2) is 13.1 Å². The summed E-state index contributed by atoms with van der Waals surface area (Å²) < 4.78 is 62.4. The number of carbonyl (C=O) groups excluding carboxylic acids is 1. The molecule has 0 aliphatic carbocycles. The van der Waals surface area contributed by atoms with Crippen LogP contribution in [-0.4, -0.2) is 26.3 Å². The quantitative estimate of drug-likeness (QED) is 0.922. The summed E-state index contributed by atoms with van der Waals surface area (Å²) in [4.78, 5) is 10.6. The van der Waals surface area contributed by atoms with Crippen LogP contribution in [0.15, 0.2) is 29.2 Å². The van der Waals surface area contributed by atoms with E-state index in [0.717, 1.165) is 30.0 Å². The van der Waals surface area contributed by atoms with Gasteiger partial charge in [0.15, 0.2) is 0 Å². The van der Waals surface area contributed by atoms with Crippen molar-refractivity contribution >= 4 is 27.7 Å². The molecule has 1 amide bonds. The lowest BCUT2D eigenvalue weighted by molar-refractivity contribution is -0.137. The van der Waals surface area contributed by atoms with Crippen LogP contribution in [0.5, 0.6) is 0 Å². The lowest BCUT2D eigenvalue weighted by atomic mass is 10.2. The zero-order valence-electron chi connectivity index (χ0n) is 9.69. The molecular formula is C10H10F3NO3S2. The largest absolute Gasteiger partial charge is 0.416 e. The summed E-state index contributed by atoms with van der Waals surface area (Å²) in [5, 5.41) is 0. The number of halogens is 3. The normalized spacial score (nSPS) is 12.2. The van der Waals surface area contributed by atoms with Crippen molar-refractivity contribution in [1.29, 1.82) is 0 Å². The maximum absolute atomic E-state index is 12.5. The van der Waals surface area contributed by atoms with E-state index < -0.39 is 32.6 Å². The van der Waals surface area contributed by atoms with Crippen molar-refractivity contribution in [3.63, 3.8) is 0 Å². The van der Waals surface area contributed by atoms with Crippen LogP contribution < -0.4 is 4.72 Å². The smallest absolute Gasteiger partial charge is 0.273 e. The van der Waals surface area contributed by atoms with E-state index in [4.69, 9.17) is 0 Å². The number of alkyl halides is 3. The van der Waals surface area contributed by atoms with E-state index in [-0.39, 0.29) is 5.75 Å².